The average Bonchev–Trinajstić information content (AvgIpc) is 2.92. The van der Waals surface area contributed by atoms with Gasteiger partial charge in [0.1, 0.15) is 5.60 Å². The highest BCUT2D eigenvalue weighted by Crippen LogP contribution is 2.18. The fraction of sp³-hybridized carbons (Fsp3) is 0.647. The summed E-state index contributed by atoms with van der Waals surface area (Å²) in [5.41, 5.74) is 1.88. The molecule has 0 spiro atoms. The maximum absolute atomic E-state index is 12.1. The molecule has 1 aromatic heterocycles. The normalized spacial score (nSPS) is 18.1. The lowest BCUT2D eigenvalue weighted by atomic mass is 10.2. The lowest BCUT2D eigenvalue weighted by molar-refractivity contribution is 0.0291. The molecular formula is C17H28N4O2. The van der Waals surface area contributed by atoms with Crippen LogP contribution in [0.4, 0.5) is 10.5 Å². The largest absolute Gasteiger partial charge is 0.444 e. The first-order valence-electron chi connectivity index (χ1n) is 8.08. The Labute approximate surface area is 138 Å². The summed E-state index contributed by atoms with van der Waals surface area (Å²) >= 11 is 0. The van der Waals surface area contributed by atoms with E-state index in [2.05, 4.69) is 15.2 Å². The molecule has 2 heterocycles. The molecule has 0 bridgehead atoms. The van der Waals surface area contributed by atoms with Crippen molar-refractivity contribution in [2.45, 2.75) is 45.4 Å². The van der Waals surface area contributed by atoms with Gasteiger partial charge in [-0.3, -0.25) is 4.98 Å². The van der Waals surface area contributed by atoms with E-state index in [9.17, 15) is 4.79 Å². The number of amides is 1. The van der Waals surface area contributed by atoms with Crippen molar-refractivity contribution in [3.8, 4) is 0 Å². The quantitative estimate of drug-likeness (QED) is 0.922. The van der Waals surface area contributed by atoms with Gasteiger partial charge in [0.25, 0.3) is 0 Å². The first kappa shape index (κ1) is 17.5. The molecule has 1 atom stereocenters. The number of ether oxygens (including phenoxy) is 1. The van der Waals surface area contributed by atoms with E-state index in [1.807, 2.05) is 47.1 Å². The van der Waals surface area contributed by atoms with Gasteiger partial charge < -0.3 is 19.9 Å². The van der Waals surface area contributed by atoms with Crippen LogP contribution < -0.4 is 10.2 Å². The fourth-order valence-corrected chi connectivity index (χ4v) is 2.67. The minimum Gasteiger partial charge on any atom is -0.444 e. The van der Waals surface area contributed by atoms with Gasteiger partial charge >= 0.3 is 6.09 Å². The number of nitrogens with zero attached hydrogens (tertiary/aromatic N) is 3. The smallest absolute Gasteiger partial charge is 0.410 e. The summed E-state index contributed by atoms with van der Waals surface area (Å²) in [7, 11) is 4.05. The molecule has 0 aliphatic carbocycles. The first-order valence-corrected chi connectivity index (χ1v) is 8.08. The third-order valence-corrected chi connectivity index (χ3v) is 3.78. The summed E-state index contributed by atoms with van der Waals surface area (Å²) in [4.78, 5) is 20.1. The topological polar surface area (TPSA) is 57.7 Å². The Kier molecular flexibility index (Phi) is 5.46. The van der Waals surface area contributed by atoms with Gasteiger partial charge in [0.2, 0.25) is 0 Å². The minimum atomic E-state index is -0.446. The number of hydrogen-bond donors (Lipinski definition) is 1. The lowest BCUT2D eigenvalue weighted by Crippen LogP contribution is -2.38. The number of carbonyl (C=O) groups is 1. The Bertz CT molecular complexity index is 540. The van der Waals surface area contributed by atoms with Crippen LogP contribution in [0, 0.1) is 0 Å². The minimum absolute atomic E-state index is 0.225. The zero-order valence-corrected chi connectivity index (χ0v) is 14.8. The highest BCUT2D eigenvalue weighted by Gasteiger charge is 2.29. The third-order valence-electron chi connectivity index (χ3n) is 3.78. The molecule has 6 nitrogen and oxygen atoms in total. The summed E-state index contributed by atoms with van der Waals surface area (Å²) in [6.07, 6.45) is 4.41. The lowest BCUT2D eigenvalue weighted by Gasteiger charge is -2.24. The summed E-state index contributed by atoms with van der Waals surface area (Å²) < 4.78 is 5.43. The van der Waals surface area contributed by atoms with Crippen LogP contribution in [0.15, 0.2) is 18.5 Å². The number of rotatable bonds is 4. The summed E-state index contributed by atoms with van der Waals surface area (Å²) in [6, 6.07) is 2.30. The second-order valence-electron chi connectivity index (χ2n) is 7.19. The van der Waals surface area contributed by atoms with Gasteiger partial charge in [-0.1, -0.05) is 0 Å². The monoisotopic (exact) mass is 320 g/mol. The molecule has 1 aromatic rings. The molecule has 128 valence electrons. The van der Waals surface area contributed by atoms with E-state index >= 15 is 0 Å². The SMILES string of the molecule is CN(C)c1ccncc1CNC1CCN(C(=O)OC(C)(C)C)C1. The number of anilines is 1. The van der Waals surface area contributed by atoms with Crippen molar-refractivity contribution >= 4 is 11.8 Å². The standard InChI is InChI=1S/C17H28N4O2/c1-17(2,3)23-16(22)21-9-7-14(12-21)19-11-13-10-18-8-6-15(13)20(4)5/h6,8,10,14,19H,7,9,11-12H2,1-5H3. The van der Waals surface area contributed by atoms with E-state index in [4.69, 9.17) is 4.74 Å². The second-order valence-corrected chi connectivity index (χ2v) is 7.19. The molecule has 1 aliphatic heterocycles. The van der Waals surface area contributed by atoms with Crippen LogP contribution in [-0.2, 0) is 11.3 Å². The van der Waals surface area contributed by atoms with E-state index in [1.165, 1.54) is 0 Å². The Morgan fingerprint density at radius 3 is 2.87 bits per heavy atom. The number of pyridine rings is 1. The van der Waals surface area contributed by atoms with E-state index < -0.39 is 5.60 Å². The van der Waals surface area contributed by atoms with Crippen molar-refractivity contribution in [3.05, 3.63) is 24.0 Å². The van der Waals surface area contributed by atoms with E-state index in [1.54, 1.807) is 11.1 Å². The van der Waals surface area contributed by atoms with Gasteiger partial charge in [-0.15, -0.1) is 0 Å². The van der Waals surface area contributed by atoms with Crippen LogP contribution in [0.25, 0.3) is 0 Å². The maximum Gasteiger partial charge on any atom is 0.410 e. The summed E-state index contributed by atoms with van der Waals surface area (Å²) in [5.74, 6) is 0. The van der Waals surface area contributed by atoms with Crippen molar-refractivity contribution < 1.29 is 9.53 Å². The van der Waals surface area contributed by atoms with Gasteiger partial charge in [0, 0.05) is 63.4 Å². The number of carbonyl (C=O) groups excluding carboxylic acids is 1. The zero-order valence-electron chi connectivity index (χ0n) is 14.8. The van der Waals surface area contributed by atoms with Crippen molar-refractivity contribution in [3.63, 3.8) is 0 Å². The molecule has 1 saturated heterocycles. The van der Waals surface area contributed by atoms with Gasteiger partial charge in [0.15, 0.2) is 0 Å². The fourth-order valence-electron chi connectivity index (χ4n) is 2.67. The van der Waals surface area contributed by atoms with E-state index in [0.29, 0.717) is 6.54 Å². The van der Waals surface area contributed by atoms with Crippen molar-refractivity contribution in [2.75, 3.05) is 32.1 Å². The van der Waals surface area contributed by atoms with E-state index in [-0.39, 0.29) is 12.1 Å². The Morgan fingerprint density at radius 2 is 2.22 bits per heavy atom. The molecule has 1 fully saturated rings. The Balaban J connectivity index is 1.86. The molecule has 1 unspecified atom stereocenters. The van der Waals surface area contributed by atoms with Crippen LogP contribution in [0.5, 0.6) is 0 Å². The molecule has 0 aromatic carbocycles. The predicted molar refractivity (Wildman–Crippen MR) is 91.6 cm³/mol. The number of nitrogens with one attached hydrogen (secondary N) is 1. The van der Waals surface area contributed by atoms with Gasteiger partial charge in [-0.25, -0.2) is 4.79 Å². The van der Waals surface area contributed by atoms with Crippen LogP contribution in [0.1, 0.15) is 32.8 Å². The Hall–Kier alpha value is -1.82. The number of hydrogen-bond acceptors (Lipinski definition) is 5. The molecule has 2 rings (SSSR count). The first-order chi connectivity index (χ1) is 10.8. The van der Waals surface area contributed by atoms with Crippen LogP contribution in [0.2, 0.25) is 0 Å². The van der Waals surface area contributed by atoms with Crippen LogP contribution >= 0.6 is 0 Å². The Morgan fingerprint density at radius 1 is 1.48 bits per heavy atom. The van der Waals surface area contributed by atoms with Crippen LogP contribution in [-0.4, -0.2) is 54.8 Å². The zero-order chi connectivity index (χ0) is 17.0. The highest BCUT2D eigenvalue weighted by atomic mass is 16.6. The maximum atomic E-state index is 12.1. The second kappa shape index (κ2) is 7.17. The number of aromatic nitrogens is 1. The molecule has 0 saturated carbocycles. The molecule has 0 radical (unpaired) electrons. The molecule has 1 N–H and O–H groups in total. The molecular weight excluding hydrogens is 292 g/mol. The predicted octanol–water partition coefficient (Wildman–Crippen LogP) is 2.25. The summed E-state index contributed by atoms with van der Waals surface area (Å²) in [5, 5.41) is 3.52. The van der Waals surface area contributed by atoms with Gasteiger partial charge in [-0.05, 0) is 33.3 Å². The van der Waals surface area contributed by atoms with Gasteiger partial charge in [-0.2, -0.15) is 0 Å². The highest BCUT2D eigenvalue weighted by molar-refractivity contribution is 5.68. The molecule has 1 amide bonds. The molecule has 6 heteroatoms. The average molecular weight is 320 g/mol. The van der Waals surface area contributed by atoms with Crippen molar-refractivity contribution in [1.82, 2.24) is 15.2 Å². The van der Waals surface area contributed by atoms with E-state index in [0.717, 1.165) is 30.8 Å². The molecule has 1 aliphatic rings. The number of likely N-dealkylation sites (tertiary alicyclic amines) is 1. The van der Waals surface area contributed by atoms with Gasteiger partial charge in [0.05, 0.1) is 0 Å². The van der Waals surface area contributed by atoms with Crippen molar-refractivity contribution in [2.24, 2.45) is 0 Å². The molecule has 23 heavy (non-hydrogen) atoms. The van der Waals surface area contributed by atoms with Crippen molar-refractivity contribution in [1.29, 1.82) is 0 Å². The summed E-state index contributed by atoms with van der Waals surface area (Å²) in [6.45, 7) is 7.84. The van der Waals surface area contributed by atoms with Crippen LogP contribution in [0.3, 0.4) is 0 Å². The third kappa shape index (κ3) is 5.10.